The lowest BCUT2D eigenvalue weighted by atomic mass is 9.70. The number of hydrogen-bond donors (Lipinski definition) is 0. The first-order valence-corrected chi connectivity index (χ1v) is 22.0. The minimum atomic E-state index is -0.823. The van der Waals surface area contributed by atoms with Crippen LogP contribution < -0.4 is 9.80 Å². The van der Waals surface area contributed by atoms with Gasteiger partial charge < -0.3 is 14.2 Å². The minimum Gasteiger partial charge on any atom is -0.456 e. The molecule has 0 amide bonds. The lowest BCUT2D eigenvalue weighted by molar-refractivity contribution is 0.627. The maximum Gasteiger partial charge on any atom is 0.142 e. The SMILES string of the molecule is Cc1ccc(N(c2ccccc2)c2cc3c(c4ccccc24)-c2cc(N(c4ccc(F)cc4)c4cccc(F)c4)c4c(oc5ccccc54)c2C32c3ccccc3-c3ccccc32)cc1. The maximum absolute atomic E-state index is 15.5. The van der Waals surface area contributed by atoms with E-state index in [1.54, 1.807) is 18.2 Å². The van der Waals surface area contributed by atoms with Crippen molar-refractivity contribution in [1.82, 2.24) is 0 Å². The number of fused-ring (bicyclic) bond motifs is 16. The average molecular weight is 841 g/mol. The normalized spacial score (nSPS) is 13.0. The zero-order chi connectivity index (χ0) is 43.4. The molecule has 1 aromatic heterocycles. The Labute approximate surface area is 374 Å². The summed E-state index contributed by atoms with van der Waals surface area (Å²) in [7, 11) is 0. The first-order chi connectivity index (χ1) is 32.0. The molecule has 0 saturated heterocycles. The van der Waals surface area contributed by atoms with Gasteiger partial charge in [-0.2, -0.15) is 0 Å². The van der Waals surface area contributed by atoms with Gasteiger partial charge in [-0.25, -0.2) is 8.78 Å². The summed E-state index contributed by atoms with van der Waals surface area (Å²) in [6, 6.07) is 71.6. The van der Waals surface area contributed by atoms with E-state index in [1.807, 2.05) is 29.2 Å². The van der Waals surface area contributed by atoms with Crippen LogP contribution in [0.25, 0.3) is 55.0 Å². The molecule has 13 rings (SSSR count). The molecule has 0 radical (unpaired) electrons. The summed E-state index contributed by atoms with van der Waals surface area (Å²) < 4.78 is 37.5. The molecular formula is C60H38F2N2O. The van der Waals surface area contributed by atoms with Gasteiger partial charge in [0.1, 0.15) is 22.8 Å². The molecule has 5 heteroatoms. The number of hydrogen-bond acceptors (Lipinski definition) is 3. The van der Waals surface area contributed by atoms with Crippen LogP contribution in [0.5, 0.6) is 0 Å². The van der Waals surface area contributed by atoms with Crippen molar-refractivity contribution in [1.29, 1.82) is 0 Å². The number of furan rings is 1. The van der Waals surface area contributed by atoms with Gasteiger partial charge in [-0.1, -0.05) is 133 Å². The van der Waals surface area contributed by atoms with Gasteiger partial charge in [-0.05, 0) is 136 Å². The number of aryl methyl sites for hydroxylation is 1. The van der Waals surface area contributed by atoms with Gasteiger partial charge in [0.2, 0.25) is 0 Å². The van der Waals surface area contributed by atoms with Gasteiger partial charge in [-0.15, -0.1) is 0 Å². The fourth-order valence-electron chi connectivity index (χ4n) is 11.0. The second-order valence-electron chi connectivity index (χ2n) is 17.1. The van der Waals surface area contributed by atoms with Gasteiger partial charge >= 0.3 is 0 Å². The molecule has 65 heavy (non-hydrogen) atoms. The third kappa shape index (κ3) is 5.33. The fraction of sp³-hybridized carbons (Fsp3) is 0.0333. The van der Waals surface area contributed by atoms with Gasteiger partial charge in [-0.3, -0.25) is 0 Å². The Morgan fingerprint density at radius 1 is 0.415 bits per heavy atom. The molecule has 2 aliphatic rings. The second kappa shape index (κ2) is 14.1. The van der Waals surface area contributed by atoms with E-state index in [4.69, 9.17) is 4.42 Å². The Morgan fingerprint density at radius 2 is 0.985 bits per heavy atom. The third-order valence-electron chi connectivity index (χ3n) is 13.6. The molecule has 0 aliphatic heterocycles. The van der Waals surface area contributed by atoms with Crippen molar-refractivity contribution in [2.24, 2.45) is 0 Å². The maximum atomic E-state index is 15.5. The zero-order valence-corrected chi connectivity index (χ0v) is 35.3. The van der Waals surface area contributed by atoms with Crippen LogP contribution in [-0.4, -0.2) is 0 Å². The van der Waals surface area contributed by atoms with E-state index in [-0.39, 0.29) is 11.6 Å². The number of halogens is 2. The van der Waals surface area contributed by atoms with E-state index in [0.717, 1.165) is 77.7 Å². The number of para-hydroxylation sites is 2. The number of anilines is 6. The summed E-state index contributed by atoms with van der Waals surface area (Å²) in [5.74, 6) is -0.727. The molecule has 1 heterocycles. The summed E-state index contributed by atoms with van der Waals surface area (Å²) >= 11 is 0. The van der Waals surface area contributed by atoms with E-state index in [2.05, 4.69) is 157 Å². The van der Waals surface area contributed by atoms with Crippen molar-refractivity contribution in [3.63, 3.8) is 0 Å². The molecule has 0 fully saturated rings. The largest absolute Gasteiger partial charge is 0.456 e. The van der Waals surface area contributed by atoms with E-state index in [9.17, 15) is 4.39 Å². The number of nitrogens with zero attached hydrogens (tertiary/aromatic N) is 2. The van der Waals surface area contributed by atoms with Crippen molar-refractivity contribution < 1.29 is 13.2 Å². The highest BCUT2D eigenvalue weighted by Crippen LogP contribution is 2.67. The number of rotatable bonds is 6. The molecule has 0 N–H and O–H groups in total. The van der Waals surface area contributed by atoms with Crippen LogP contribution in [0.3, 0.4) is 0 Å². The predicted molar refractivity (Wildman–Crippen MR) is 262 cm³/mol. The van der Waals surface area contributed by atoms with E-state index in [1.165, 1.54) is 52.1 Å². The Hall–Kier alpha value is -8.28. The second-order valence-corrected chi connectivity index (χ2v) is 17.1. The first kappa shape index (κ1) is 37.3. The van der Waals surface area contributed by atoms with Crippen molar-refractivity contribution in [2.75, 3.05) is 9.80 Å². The molecule has 11 aromatic rings. The fourth-order valence-corrected chi connectivity index (χ4v) is 11.0. The molecule has 1 spiro atoms. The molecule has 3 nitrogen and oxygen atoms in total. The monoisotopic (exact) mass is 840 g/mol. The molecule has 10 aromatic carbocycles. The summed E-state index contributed by atoms with van der Waals surface area (Å²) in [5.41, 5.74) is 16.1. The Bertz CT molecular complexity index is 3660. The molecule has 0 bridgehead atoms. The van der Waals surface area contributed by atoms with Crippen molar-refractivity contribution in [2.45, 2.75) is 12.3 Å². The van der Waals surface area contributed by atoms with Crippen LogP contribution in [-0.2, 0) is 5.41 Å². The van der Waals surface area contributed by atoms with Crippen LogP contribution in [0.4, 0.5) is 42.9 Å². The highest BCUT2D eigenvalue weighted by Gasteiger charge is 2.54. The van der Waals surface area contributed by atoms with Crippen LogP contribution >= 0.6 is 0 Å². The quantitative estimate of drug-likeness (QED) is 0.166. The van der Waals surface area contributed by atoms with Crippen molar-refractivity contribution in [3.05, 3.63) is 252 Å². The Balaban J connectivity index is 1.24. The highest BCUT2D eigenvalue weighted by molar-refractivity contribution is 6.21. The third-order valence-corrected chi connectivity index (χ3v) is 13.6. The Kier molecular flexibility index (Phi) is 8.10. The van der Waals surface area contributed by atoms with Gasteiger partial charge in [0, 0.05) is 39.1 Å². The van der Waals surface area contributed by atoms with E-state index >= 15 is 4.39 Å². The summed E-state index contributed by atoms with van der Waals surface area (Å²) in [6.07, 6.45) is 0. The standard InChI is InChI=1S/C60H38F2N2O/c1-37-26-30-41(31-27-37)63(40-15-3-2-4-16-40)53-36-52-56(47-21-6-5-20-46(47)53)49-35-54(64(42-32-28-38(61)29-33-42)43-17-13-14-39(62)34-43)57-48-22-9-12-25-55(48)65-59(57)58(49)60(52)50-23-10-7-18-44(50)45-19-8-11-24-51(45)60/h2-36H,1H3. The Morgan fingerprint density at radius 3 is 1.69 bits per heavy atom. The lowest BCUT2D eigenvalue weighted by Gasteiger charge is -2.33. The molecular weight excluding hydrogens is 803 g/mol. The number of benzene rings is 10. The van der Waals surface area contributed by atoms with Crippen LogP contribution in [0.15, 0.2) is 217 Å². The molecule has 2 aliphatic carbocycles. The van der Waals surface area contributed by atoms with Crippen molar-refractivity contribution in [3.8, 4) is 22.3 Å². The van der Waals surface area contributed by atoms with Gasteiger partial charge in [0.25, 0.3) is 0 Å². The van der Waals surface area contributed by atoms with Crippen molar-refractivity contribution >= 4 is 66.8 Å². The average Bonchev–Trinajstić information content (AvgIpc) is 3.98. The van der Waals surface area contributed by atoms with Crippen LogP contribution in [0.2, 0.25) is 0 Å². The van der Waals surface area contributed by atoms with Crippen LogP contribution in [0, 0.1) is 18.6 Å². The van der Waals surface area contributed by atoms with E-state index < -0.39 is 5.41 Å². The minimum absolute atomic E-state index is 0.354. The smallest absolute Gasteiger partial charge is 0.142 e. The summed E-state index contributed by atoms with van der Waals surface area (Å²) in [5, 5.41) is 3.99. The van der Waals surface area contributed by atoms with E-state index in [0.29, 0.717) is 11.4 Å². The molecule has 0 unspecified atom stereocenters. The van der Waals surface area contributed by atoms with Gasteiger partial charge in [0.05, 0.1) is 22.2 Å². The topological polar surface area (TPSA) is 19.6 Å². The molecule has 0 atom stereocenters. The first-order valence-electron chi connectivity index (χ1n) is 22.0. The molecule has 308 valence electrons. The molecule has 0 saturated carbocycles. The van der Waals surface area contributed by atoms with Gasteiger partial charge in [0.15, 0.2) is 0 Å². The lowest BCUT2D eigenvalue weighted by Crippen LogP contribution is -2.26. The predicted octanol–water partition coefficient (Wildman–Crippen LogP) is 16.6. The summed E-state index contributed by atoms with van der Waals surface area (Å²) in [4.78, 5) is 4.42. The highest BCUT2D eigenvalue weighted by atomic mass is 19.1. The van der Waals surface area contributed by atoms with Crippen LogP contribution in [0.1, 0.15) is 27.8 Å². The summed E-state index contributed by atoms with van der Waals surface area (Å²) in [6.45, 7) is 2.12. The zero-order valence-electron chi connectivity index (χ0n) is 35.3.